The molecule has 2 aliphatic rings. The molecule has 6 heteroatoms. The van der Waals surface area contributed by atoms with E-state index in [0.717, 1.165) is 36.3 Å². The lowest BCUT2D eigenvalue weighted by Gasteiger charge is -2.27. The van der Waals surface area contributed by atoms with Gasteiger partial charge in [0.2, 0.25) is 5.91 Å². The molecular formula is C23H26N4O2. The predicted octanol–water partition coefficient (Wildman–Crippen LogP) is 2.81. The van der Waals surface area contributed by atoms with E-state index in [-0.39, 0.29) is 5.91 Å². The van der Waals surface area contributed by atoms with Crippen molar-refractivity contribution in [3.8, 4) is 5.75 Å². The van der Waals surface area contributed by atoms with E-state index in [0.29, 0.717) is 24.4 Å². The lowest BCUT2D eigenvalue weighted by Crippen LogP contribution is -2.35. The van der Waals surface area contributed by atoms with Gasteiger partial charge in [-0.1, -0.05) is 30.3 Å². The van der Waals surface area contributed by atoms with Crippen LogP contribution in [0.3, 0.4) is 0 Å². The van der Waals surface area contributed by atoms with Crippen LogP contribution in [0, 0.1) is 11.8 Å². The SMILES string of the molecule is COc1ccc([C@@H]2[C@@H]3CN(C(=O)Cn4ncc5ccccc54)C[C@@H]3CN2C)cc1. The van der Waals surface area contributed by atoms with Crippen molar-refractivity contribution in [1.29, 1.82) is 0 Å². The molecule has 0 bridgehead atoms. The molecule has 0 spiro atoms. The van der Waals surface area contributed by atoms with Crippen LogP contribution in [0.2, 0.25) is 0 Å². The number of amides is 1. The van der Waals surface area contributed by atoms with Crippen molar-refractivity contribution in [3.05, 3.63) is 60.3 Å². The van der Waals surface area contributed by atoms with E-state index in [1.807, 2.05) is 52.2 Å². The van der Waals surface area contributed by atoms with Gasteiger partial charge in [0.1, 0.15) is 12.3 Å². The first-order valence-electron chi connectivity index (χ1n) is 10.2. The fourth-order valence-corrected chi connectivity index (χ4v) is 5.14. The molecule has 2 fully saturated rings. The monoisotopic (exact) mass is 390 g/mol. The Morgan fingerprint density at radius 1 is 1.10 bits per heavy atom. The lowest BCUT2D eigenvalue weighted by molar-refractivity contribution is -0.131. The maximum atomic E-state index is 13.0. The predicted molar refractivity (Wildman–Crippen MR) is 112 cm³/mol. The van der Waals surface area contributed by atoms with E-state index < -0.39 is 0 Å². The minimum atomic E-state index is 0.157. The van der Waals surface area contributed by atoms with E-state index in [1.54, 1.807) is 7.11 Å². The zero-order valence-electron chi connectivity index (χ0n) is 16.9. The van der Waals surface area contributed by atoms with E-state index in [4.69, 9.17) is 4.74 Å². The van der Waals surface area contributed by atoms with Crippen LogP contribution >= 0.6 is 0 Å². The van der Waals surface area contributed by atoms with Crippen molar-refractivity contribution in [1.82, 2.24) is 19.6 Å². The van der Waals surface area contributed by atoms with Crippen molar-refractivity contribution in [3.63, 3.8) is 0 Å². The molecule has 5 rings (SSSR count). The molecule has 3 heterocycles. The zero-order valence-corrected chi connectivity index (χ0v) is 16.9. The van der Waals surface area contributed by atoms with Crippen molar-refractivity contribution in [2.24, 2.45) is 11.8 Å². The zero-order chi connectivity index (χ0) is 20.0. The summed E-state index contributed by atoms with van der Waals surface area (Å²) in [7, 11) is 3.88. The minimum Gasteiger partial charge on any atom is -0.497 e. The van der Waals surface area contributed by atoms with Gasteiger partial charge in [-0.15, -0.1) is 0 Å². The van der Waals surface area contributed by atoms with Gasteiger partial charge >= 0.3 is 0 Å². The van der Waals surface area contributed by atoms with Crippen LogP contribution < -0.4 is 4.74 Å². The first kappa shape index (κ1) is 18.2. The second-order valence-electron chi connectivity index (χ2n) is 8.24. The molecule has 6 nitrogen and oxygen atoms in total. The third-order valence-electron chi connectivity index (χ3n) is 6.54. The van der Waals surface area contributed by atoms with E-state index in [1.165, 1.54) is 5.56 Å². The topological polar surface area (TPSA) is 50.6 Å². The molecule has 29 heavy (non-hydrogen) atoms. The summed E-state index contributed by atoms with van der Waals surface area (Å²) in [5.41, 5.74) is 2.31. The van der Waals surface area contributed by atoms with Gasteiger partial charge in [-0.2, -0.15) is 5.10 Å². The van der Waals surface area contributed by atoms with Crippen molar-refractivity contribution >= 4 is 16.8 Å². The van der Waals surface area contributed by atoms with Gasteiger partial charge in [0.15, 0.2) is 0 Å². The van der Waals surface area contributed by atoms with Gasteiger partial charge in [0.05, 0.1) is 18.8 Å². The summed E-state index contributed by atoms with van der Waals surface area (Å²) in [6.07, 6.45) is 1.83. The van der Waals surface area contributed by atoms with Crippen molar-refractivity contribution < 1.29 is 9.53 Å². The number of rotatable bonds is 4. The quantitative estimate of drug-likeness (QED) is 0.687. The third-order valence-corrected chi connectivity index (χ3v) is 6.54. The summed E-state index contributed by atoms with van der Waals surface area (Å²) in [4.78, 5) is 17.5. The number of nitrogens with zero attached hydrogens (tertiary/aromatic N) is 4. The number of methoxy groups -OCH3 is 1. The summed E-state index contributed by atoms with van der Waals surface area (Å²) in [6.45, 7) is 2.97. The summed E-state index contributed by atoms with van der Waals surface area (Å²) in [5.74, 6) is 2.02. The van der Waals surface area contributed by atoms with Crippen LogP contribution in [0.4, 0.5) is 0 Å². The lowest BCUT2D eigenvalue weighted by atomic mass is 9.89. The Hall–Kier alpha value is -2.86. The highest BCUT2D eigenvalue weighted by molar-refractivity contribution is 5.82. The number of carbonyl (C=O) groups excluding carboxylic acids is 1. The molecule has 0 unspecified atom stereocenters. The average molecular weight is 390 g/mol. The van der Waals surface area contributed by atoms with Crippen LogP contribution in [-0.2, 0) is 11.3 Å². The largest absolute Gasteiger partial charge is 0.497 e. The Labute approximate surface area is 170 Å². The molecule has 3 aromatic rings. The highest BCUT2D eigenvalue weighted by atomic mass is 16.5. The molecule has 2 aliphatic heterocycles. The summed E-state index contributed by atoms with van der Waals surface area (Å²) < 4.78 is 7.12. The molecule has 3 atom stereocenters. The van der Waals surface area contributed by atoms with Crippen molar-refractivity contribution in [2.75, 3.05) is 33.8 Å². The Kier molecular flexibility index (Phi) is 4.51. The average Bonchev–Trinajstić information content (AvgIpc) is 3.41. The smallest absolute Gasteiger partial charge is 0.244 e. The molecular weight excluding hydrogens is 364 g/mol. The van der Waals surface area contributed by atoms with Crippen molar-refractivity contribution in [2.45, 2.75) is 12.6 Å². The molecule has 2 aromatic carbocycles. The molecule has 0 N–H and O–H groups in total. The van der Waals surface area contributed by atoms with Gasteiger partial charge < -0.3 is 9.64 Å². The fourth-order valence-electron chi connectivity index (χ4n) is 5.14. The highest BCUT2D eigenvalue weighted by Crippen LogP contribution is 2.44. The van der Waals surface area contributed by atoms with Crippen LogP contribution in [-0.4, -0.2) is 59.3 Å². The van der Waals surface area contributed by atoms with E-state index in [2.05, 4.69) is 29.2 Å². The minimum absolute atomic E-state index is 0.157. The first-order valence-corrected chi connectivity index (χ1v) is 10.2. The summed E-state index contributed by atoms with van der Waals surface area (Å²) >= 11 is 0. The van der Waals surface area contributed by atoms with Gasteiger partial charge in [-0.25, -0.2) is 0 Å². The van der Waals surface area contributed by atoms with E-state index >= 15 is 0 Å². The van der Waals surface area contributed by atoms with Gasteiger partial charge in [0, 0.05) is 37.0 Å². The maximum absolute atomic E-state index is 13.0. The maximum Gasteiger partial charge on any atom is 0.244 e. The highest BCUT2D eigenvalue weighted by Gasteiger charge is 2.47. The van der Waals surface area contributed by atoms with Crippen LogP contribution in [0.15, 0.2) is 54.7 Å². The van der Waals surface area contributed by atoms with E-state index in [9.17, 15) is 4.79 Å². The number of hydrogen-bond donors (Lipinski definition) is 0. The number of hydrogen-bond acceptors (Lipinski definition) is 4. The molecule has 2 saturated heterocycles. The van der Waals surface area contributed by atoms with Gasteiger partial charge in [-0.3, -0.25) is 14.4 Å². The Morgan fingerprint density at radius 3 is 2.69 bits per heavy atom. The number of benzene rings is 2. The molecule has 1 amide bonds. The second kappa shape index (κ2) is 7.19. The second-order valence-corrected chi connectivity index (χ2v) is 8.24. The van der Waals surface area contributed by atoms with Crippen LogP contribution in [0.25, 0.3) is 10.9 Å². The van der Waals surface area contributed by atoms with Gasteiger partial charge in [0.25, 0.3) is 0 Å². The number of likely N-dealkylation sites (tertiary alicyclic amines) is 2. The first-order chi connectivity index (χ1) is 14.1. The number of fused-ring (bicyclic) bond motifs is 2. The molecule has 0 saturated carbocycles. The van der Waals surface area contributed by atoms with Crippen LogP contribution in [0.5, 0.6) is 5.75 Å². The third kappa shape index (κ3) is 3.17. The Balaban J connectivity index is 1.31. The fraction of sp³-hybridized carbons (Fsp3) is 0.391. The number of aromatic nitrogens is 2. The molecule has 1 aromatic heterocycles. The number of para-hydroxylation sites is 1. The summed E-state index contributed by atoms with van der Waals surface area (Å²) in [5, 5.41) is 5.49. The number of ether oxygens (including phenoxy) is 1. The molecule has 0 aliphatic carbocycles. The Bertz CT molecular complexity index is 1030. The summed E-state index contributed by atoms with van der Waals surface area (Å²) in [6, 6.07) is 16.7. The van der Waals surface area contributed by atoms with Crippen LogP contribution in [0.1, 0.15) is 11.6 Å². The molecule has 150 valence electrons. The molecule has 0 radical (unpaired) electrons. The normalized spacial score (nSPS) is 24.2. The standard InChI is InChI=1S/C23H26N4O2/c1-25-12-18-13-26(14-20(18)23(25)16-7-9-19(29-2)10-8-16)22(28)15-27-21-6-4-3-5-17(21)11-24-27/h3-11,18,20,23H,12-15H2,1-2H3/t18-,20+,23+/m0/s1. The van der Waals surface area contributed by atoms with Gasteiger partial charge in [-0.05, 0) is 36.7 Å². The Morgan fingerprint density at radius 2 is 1.90 bits per heavy atom. The number of carbonyl (C=O) groups is 1.